The molecular weight excluding hydrogens is 110 g/mol. The minimum atomic E-state index is 0.199. The first-order valence-corrected chi connectivity index (χ1v) is 2.89. The average Bonchev–Trinajstić information content (AvgIpc) is 1.91. The van der Waals surface area contributed by atoms with Gasteiger partial charge in [-0.2, -0.15) is 0 Å². The summed E-state index contributed by atoms with van der Waals surface area (Å²) in [6.07, 6.45) is 0.598. The first-order chi connectivity index (χ1) is 3.30. The fourth-order valence-corrected chi connectivity index (χ4v) is 1.04. The SMILES string of the molecule is CN1[S+]=CCC1=O. The zero-order chi connectivity index (χ0) is 5.28. The summed E-state index contributed by atoms with van der Waals surface area (Å²) in [5.41, 5.74) is 0. The van der Waals surface area contributed by atoms with Crippen molar-refractivity contribution in [3.8, 4) is 0 Å². The van der Waals surface area contributed by atoms with Crippen molar-refractivity contribution in [3.63, 3.8) is 0 Å². The summed E-state index contributed by atoms with van der Waals surface area (Å²) in [6.45, 7) is 0. The van der Waals surface area contributed by atoms with Gasteiger partial charge in [0.1, 0.15) is 6.42 Å². The summed E-state index contributed by atoms with van der Waals surface area (Å²) in [5.74, 6) is 0.199. The van der Waals surface area contributed by atoms with E-state index in [-0.39, 0.29) is 5.91 Å². The molecule has 0 radical (unpaired) electrons. The Kier molecular flexibility index (Phi) is 1.06. The van der Waals surface area contributed by atoms with E-state index in [2.05, 4.69) is 0 Å². The van der Waals surface area contributed by atoms with Crippen LogP contribution in [-0.4, -0.2) is 22.6 Å². The largest absolute Gasteiger partial charge is 0.326 e. The molecule has 1 rings (SSSR count). The molecule has 0 aromatic heterocycles. The van der Waals surface area contributed by atoms with Gasteiger partial charge < -0.3 is 0 Å². The summed E-state index contributed by atoms with van der Waals surface area (Å²) in [7, 11) is 1.77. The van der Waals surface area contributed by atoms with Gasteiger partial charge in [0.2, 0.25) is 5.37 Å². The van der Waals surface area contributed by atoms with E-state index in [4.69, 9.17) is 0 Å². The summed E-state index contributed by atoms with van der Waals surface area (Å²) in [6, 6.07) is 0. The predicted octanol–water partition coefficient (Wildman–Crippen LogP) is -0.352. The Morgan fingerprint density at radius 1 is 2.00 bits per heavy atom. The van der Waals surface area contributed by atoms with Crippen molar-refractivity contribution in [2.45, 2.75) is 6.42 Å². The topological polar surface area (TPSA) is 20.3 Å². The number of rotatable bonds is 0. The summed E-state index contributed by atoms with van der Waals surface area (Å²) >= 11 is 1.46. The molecule has 0 saturated carbocycles. The van der Waals surface area contributed by atoms with Gasteiger partial charge in [0.25, 0.3) is 5.91 Å². The first-order valence-electron chi connectivity index (χ1n) is 2.06. The van der Waals surface area contributed by atoms with Crippen LogP contribution in [0.4, 0.5) is 0 Å². The van der Waals surface area contributed by atoms with Gasteiger partial charge in [0.15, 0.2) is 0 Å². The lowest BCUT2D eigenvalue weighted by Crippen LogP contribution is -2.15. The van der Waals surface area contributed by atoms with Gasteiger partial charge in [-0.05, 0) is 0 Å². The van der Waals surface area contributed by atoms with E-state index in [9.17, 15) is 4.79 Å². The van der Waals surface area contributed by atoms with Crippen LogP contribution in [-0.2, 0) is 16.3 Å². The highest BCUT2D eigenvalue weighted by Crippen LogP contribution is 1.92. The average molecular weight is 116 g/mol. The lowest BCUT2D eigenvalue weighted by molar-refractivity contribution is -0.123. The molecule has 0 aromatic rings. The molecule has 1 heterocycles. The van der Waals surface area contributed by atoms with Gasteiger partial charge in [-0.3, -0.25) is 4.79 Å². The van der Waals surface area contributed by atoms with E-state index in [0.717, 1.165) is 0 Å². The molecule has 0 saturated heterocycles. The summed E-state index contributed by atoms with van der Waals surface area (Å²) in [4.78, 5) is 10.4. The molecule has 3 heteroatoms. The van der Waals surface area contributed by atoms with Gasteiger partial charge in [-0.15, -0.1) is 0 Å². The zero-order valence-corrected chi connectivity index (χ0v) is 4.86. The number of hydrogen-bond acceptors (Lipinski definition) is 1. The van der Waals surface area contributed by atoms with Crippen LogP contribution in [0, 0.1) is 0 Å². The minimum Gasteiger partial charge on any atom is -0.269 e. The van der Waals surface area contributed by atoms with Crippen LogP contribution in [0.3, 0.4) is 0 Å². The molecular formula is C4H6NOS+. The highest BCUT2D eigenvalue weighted by atomic mass is 32.1. The third-order valence-electron chi connectivity index (χ3n) is 0.842. The van der Waals surface area contributed by atoms with Gasteiger partial charge in [-0.1, -0.05) is 4.31 Å². The molecule has 1 aliphatic heterocycles. The Morgan fingerprint density at radius 2 is 2.71 bits per heavy atom. The molecule has 38 valence electrons. The molecule has 7 heavy (non-hydrogen) atoms. The van der Waals surface area contributed by atoms with E-state index < -0.39 is 0 Å². The van der Waals surface area contributed by atoms with Crippen molar-refractivity contribution in [1.29, 1.82) is 0 Å². The molecule has 1 amide bonds. The van der Waals surface area contributed by atoms with Crippen molar-refractivity contribution in [1.82, 2.24) is 4.31 Å². The smallest absolute Gasteiger partial charge is 0.269 e. The van der Waals surface area contributed by atoms with Crippen LogP contribution in [0.5, 0.6) is 0 Å². The van der Waals surface area contributed by atoms with E-state index in [0.29, 0.717) is 6.42 Å². The maximum Gasteiger partial charge on any atom is 0.326 e. The van der Waals surface area contributed by atoms with Crippen LogP contribution >= 0.6 is 0 Å². The van der Waals surface area contributed by atoms with Crippen molar-refractivity contribution in [3.05, 3.63) is 0 Å². The zero-order valence-electron chi connectivity index (χ0n) is 4.05. The van der Waals surface area contributed by atoms with Crippen LogP contribution in [0.2, 0.25) is 0 Å². The quantitative estimate of drug-likeness (QED) is 0.240. The number of carbonyl (C=O) groups excluding carboxylic acids is 1. The van der Waals surface area contributed by atoms with E-state index >= 15 is 0 Å². The molecule has 0 aliphatic carbocycles. The van der Waals surface area contributed by atoms with Crippen LogP contribution in [0.15, 0.2) is 0 Å². The van der Waals surface area contributed by atoms with E-state index in [1.54, 1.807) is 11.4 Å². The molecule has 0 spiro atoms. The molecule has 0 atom stereocenters. The van der Waals surface area contributed by atoms with Gasteiger partial charge in [0, 0.05) is 0 Å². The van der Waals surface area contributed by atoms with Crippen molar-refractivity contribution in [2.24, 2.45) is 0 Å². The first kappa shape index (κ1) is 4.71. The normalized spacial score (nSPS) is 19.0. The van der Waals surface area contributed by atoms with Crippen molar-refractivity contribution in [2.75, 3.05) is 7.05 Å². The molecule has 0 unspecified atom stereocenters. The molecule has 0 N–H and O–H groups in total. The Hall–Kier alpha value is -0.440. The second-order valence-electron chi connectivity index (χ2n) is 1.37. The fourth-order valence-electron chi connectivity index (χ4n) is 0.408. The monoisotopic (exact) mass is 116 g/mol. The molecule has 0 bridgehead atoms. The van der Waals surface area contributed by atoms with Crippen LogP contribution < -0.4 is 0 Å². The lowest BCUT2D eigenvalue weighted by Gasteiger charge is -1.85. The maximum absolute atomic E-state index is 10.4. The summed E-state index contributed by atoms with van der Waals surface area (Å²) < 4.78 is 1.62. The third kappa shape index (κ3) is 0.771. The van der Waals surface area contributed by atoms with Crippen LogP contribution in [0.1, 0.15) is 6.42 Å². The lowest BCUT2D eigenvalue weighted by atomic mass is 10.5. The third-order valence-corrected chi connectivity index (χ3v) is 1.68. The highest BCUT2D eigenvalue weighted by Gasteiger charge is 2.22. The highest BCUT2D eigenvalue weighted by molar-refractivity contribution is 7.76. The molecule has 0 fully saturated rings. The standard InChI is InChI=1S/C4H6NOS/c1-5-4(6)2-3-7-5/h3H,2H2,1H3/q+1. The van der Waals surface area contributed by atoms with E-state index in [1.165, 1.54) is 11.5 Å². The van der Waals surface area contributed by atoms with Gasteiger partial charge in [-0.25, -0.2) is 0 Å². The fraction of sp³-hybridized carbons (Fsp3) is 0.500. The number of amides is 1. The number of hydrogen-bond donors (Lipinski definition) is 0. The Morgan fingerprint density at radius 3 is 2.86 bits per heavy atom. The molecule has 0 aromatic carbocycles. The summed E-state index contributed by atoms with van der Waals surface area (Å²) in [5, 5.41) is 1.89. The Bertz CT molecular complexity index is 121. The Balaban J connectivity index is 2.62. The van der Waals surface area contributed by atoms with Crippen molar-refractivity contribution >= 4 is 22.8 Å². The second-order valence-corrected chi connectivity index (χ2v) is 2.46. The van der Waals surface area contributed by atoms with Crippen LogP contribution in [0.25, 0.3) is 0 Å². The van der Waals surface area contributed by atoms with Crippen molar-refractivity contribution < 1.29 is 4.79 Å². The minimum absolute atomic E-state index is 0.199. The molecule has 1 aliphatic rings. The molecule has 2 nitrogen and oxygen atoms in total. The Labute approximate surface area is 46.2 Å². The number of carbonyl (C=O) groups is 1. The predicted molar refractivity (Wildman–Crippen MR) is 30.8 cm³/mol. The van der Waals surface area contributed by atoms with Gasteiger partial charge in [0.05, 0.1) is 7.05 Å². The second kappa shape index (κ2) is 1.58. The number of nitrogens with zero attached hydrogens (tertiary/aromatic N) is 1. The maximum atomic E-state index is 10.4. The van der Waals surface area contributed by atoms with E-state index in [1.807, 2.05) is 5.37 Å². The van der Waals surface area contributed by atoms with Gasteiger partial charge >= 0.3 is 11.5 Å².